The van der Waals surface area contributed by atoms with Gasteiger partial charge in [0.15, 0.2) is 5.96 Å². The van der Waals surface area contributed by atoms with Gasteiger partial charge in [0.05, 0.1) is 32.6 Å². The van der Waals surface area contributed by atoms with Crippen LogP contribution >= 0.6 is 24.0 Å². The summed E-state index contributed by atoms with van der Waals surface area (Å²) in [5.41, 5.74) is 1.14. The summed E-state index contributed by atoms with van der Waals surface area (Å²) in [6.07, 6.45) is 1.06. The number of aliphatic imine (C=N–C) groups is 1. The molecule has 0 aliphatic carbocycles. The van der Waals surface area contributed by atoms with Crippen molar-refractivity contribution in [2.45, 2.75) is 12.5 Å². The first-order valence-electron chi connectivity index (χ1n) is 8.70. The minimum atomic E-state index is 0. The Kier molecular flexibility index (Phi) is 11.4. The van der Waals surface area contributed by atoms with Gasteiger partial charge in [-0.15, -0.1) is 24.0 Å². The maximum atomic E-state index is 5.47. The molecule has 1 aliphatic heterocycles. The summed E-state index contributed by atoms with van der Waals surface area (Å²) in [4.78, 5) is 6.63. The van der Waals surface area contributed by atoms with Crippen molar-refractivity contribution in [2.75, 3.05) is 65.6 Å². The Balaban J connectivity index is 0.00000338. The predicted molar refractivity (Wildman–Crippen MR) is 116 cm³/mol. The van der Waals surface area contributed by atoms with E-state index in [0.29, 0.717) is 32.4 Å². The van der Waals surface area contributed by atoms with Gasteiger partial charge in [0.1, 0.15) is 5.75 Å². The molecule has 0 spiro atoms. The predicted octanol–water partition coefficient (Wildman–Crippen LogP) is 1.72. The van der Waals surface area contributed by atoms with Crippen LogP contribution in [0.3, 0.4) is 0 Å². The van der Waals surface area contributed by atoms with Gasteiger partial charge in [0.2, 0.25) is 0 Å². The van der Waals surface area contributed by atoms with Gasteiger partial charge in [-0.05, 0) is 18.6 Å². The molecule has 1 heterocycles. The van der Waals surface area contributed by atoms with E-state index >= 15 is 0 Å². The van der Waals surface area contributed by atoms with Gasteiger partial charge in [0, 0.05) is 39.8 Å². The zero-order chi connectivity index (χ0) is 17.9. The van der Waals surface area contributed by atoms with Crippen LogP contribution in [-0.4, -0.2) is 72.7 Å². The third-order valence-electron chi connectivity index (χ3n) is 4.15. The molecular formula is C18H31IN4O3. The highest BCUT2D eigenvalue weighted by Gasteiger charge is 2.25. The van der Waals surface area contributed by atoms with E-state index < -0.39 is 0 Å². The van der Waals surface area contributed by atoms with Crippen molar-refractivity contribution in [3.05, 3.63) is 24.3 Å². The molecule has 148 valence electrons. The van der Waals surface area contributed by atoms with Crippen LogP contribution in [0.2, 0.25) is 0 Å². The van der Waals surface area contributed by atoms with E-state index in [0.717, 1.165) is 36.9 Å². The summed E-state index contributed by atoms with van der Waals surface area (Å²) >= 11 is 0. The highest BCUT2D eigenvalue weighted by Crippen LogP contribution is 2.30. The fourth-order valence-corrected chi connectivity index (χ4v) is 2.86. The van der Waals surface area contributed by atoms with Crippen molar-refractivity contribution in [2.24, 2.45) is 4.99 Å². The summed E-state index contributed by atoms with van der Waals surface area (Å²) in [5.74, 6) is 1.72. The molecule has 0 aromatic heterocycles. The van der Waals surface area contributed by atoms with E-state index in [1.165, 1.54) is 0 Å². The smallest absolute Gasteiger partial charge is 0.191 e. The van der Waals surface area contributed by atoms with Gasteiger partial charge in [-0.1, -0.05) is 12.1 Å². The Labute approximate surface area is 173 Å². The summed E-state index contributed by atoms with van der Waals surface area (Å²) < 4.78 is 15.9. The fraction of sp³-hybridized carbons (Fsp3) is 0.611. The molecule has 7 nitrogen and oxygen atoms in total. The first-order chi connectivity index (χ1) is 12.3. The quantitative estimate of drug-likeness (QED) is 0.244. The summed E-state index contributed by atoms with van der Waals surface area (Å²) in [6, 6.07) is 8.49. The van der Waals surface area contributed by atoms with Crippen molar-refractivity contribution < 1.29 is 14.2 Å². The van der Waals surface area contributed by atoms with Crippen LogP contribution < -0.4 is 20.3 Å². The van der Waals surface area contributed by atoms with Gasteiger partial charge >= 0.3 is 0 Å². The van der Waals surface area contributed by atoms with Gasteiger partial charge in [-0.2, -0.15) is 0 Å². The molecule has 1 fully saturated rings. The van der Waals surface area contributed by atoms with Crippen LogP contribution in [0.1, 0.15) is 6.42 Å². The molecule has 0 amide bonds. The number of nitrogens with zero attached hydrogens (tertiary/aromatic N) is 2. The molecule has 0 radical (unpaired) electrons. The lowest BCUT2D eigenvalue weighted by molar-refractivity contribution is 0.0733. The number of para-hydroxylation sites is 2. The van der Waals surface area contributed by atoms with Gasteiger partial charge in [-0.25, -0.2) is 0 Å². The molecular weight excluding hydrogens is 447 g/mol. The molecule has 2 N–H and O–H groups in total. The van der Waals surface area contributed by atoms with Gasteiger partial charge in [0.25, 0.3) is 0 Å². The molecule has 2 rings (SSSR count). The number of rotatable bonds is 9. The number of halogens is 1. The van der Waals surface area contributed by atoms with E-state index in [4.69, 9.17) is 14.2 Å². The van der Waals surface area contributed by atoms with Gasteiger partial charge in [-0.3, -0.25) is 4.99 Å². The number of hydrogen-bond donors (Lipinski definition) is 2. The molecule has 26 heavy (non-hydrogen) atoms. The van der Waals surface area contributed by atoms with Crippen molar-refractivity contribution in [1.29, 1.82) is 0 Å². The second-order valence-corrected chi connectivity index (χ2v) is 5.85. The zero-order valence-electron chi connectivity index (χ0n) is 15.9. The molecule has 1 aliphatic rings. The zero-order valence-corrected chi connectivity index (χ0v) is 18.2. The topological polar surface area (TPSA) is 67.4 Å². The lowest BCUT2D eigenvalue weighted by atomic mass is 10.2. The second kappa shape index (κ2) is 13.0. The number of methoxy groups -OCH3 is 2. The lowest BCUT2D eigenvalue weighted by Gasteiger charge is -2.22. The van der Waals surface area contributed by atoms with E-state index in [2.05, 4.69) is 26.6 Å². The van der Waals surface area contributed by atoms with E-state index in [1.807, 2.05) is 18.2 Å². The second-order valence-electron chi connectivity index (χ2n) is 5.85. The minimum absolute atomic E-state index is 0. The summed E-state index contributed by atoms with van der Waals surface area (Å²) in [5, 5.41) is 6.76. The molecule has 1 aromatic carbocycles. The largest absolute Gasteiger partial charge is 0.495 e. The normalized spacial score (nSPS) is 17.0. The fourth-order valence-electron chi connectivity index (χ4n) is 2.86. The number of benzene rings is 1. The Morgan fingerprint density at radius 1 is 1.23 bits per heavy atom. The molecule has 1 atom stereocenters. The molecule has 0 saturated carbocycles. The average molecular weight is 478 g/mol. The molecule has 8 heteroatoms. The standard InChI is InChI=1S/C18H30N4O3.HI/c1-19-18(20-9-11-25-13-12-23-2)21-15-8-10-22(14-15)16-6-4-5-7-17(16)24-3;/h4-7,15H,8-14H2,1-3H3,(H2,19,20,21);1H. The summed E-state index contributed by atoms with van der Waals surface area (Å²) in [7, 11) is 5.17. The number of hydrogen-bond acceptors (Lipinski definition) is 5. The van der Waals surface area contributed by atoms with E-state index in [1.54, 1.807) is 21.3 Å². The maximum Gasteiger partial charge on any atom is 0.191 e. The van der Waals surface area contributed by atoms with Crippen LogP contribution in [-0.2, 0) is 9.47 Å². The third kappa shape index (κ3) is 7.16. The molecule has 0 bridgehead atoms. The van der Waals surface area contributed by atoms with Crippen LogP contribution in [0.5, 0.6) is 5.75 Å². The van der Waals surface area contributed by atoms with Crippen LogP contribution in [0.15, 0.2) is 29.3 Å². The first kappa shape index (κ1) is 22.8. The van der Waals surface area contributed by atoms with Crippen LogP contribution in [0, 0.1) is 0 Å². The van der Waals surface area contributed by atoms with E-state index in [-0.39, 0.29) is 24.0 Å². The number of ether oxygens (including phenoxy) is 3. The number of nitrogens with one attached hydrogen (secondary N) is 2. The Hall–Kier alpha value is -1.26. The Bertz CT molecular complexity index is 545. The number of anilines is 1. The highest BCUT2D eigenvalue weighted by atomic mass is 127. The summed E-state index contributed by atoms with van der Waals surface area (Å²) in [6.45, 7) is 4.49. The van der Waals surface area contributed by atoms with E-state index in [9.17, 15) is 0 Å². The van der Waals surface area contributed by atoms with Gasteiger partial charge < -0.3 is 29.7 Å². The SMILES string of the molecule is CN=C(NCCOCCOC)NC1CCN(c2ccccc2OC)C1.I. The van der Waals surface area contributed by atoms with Crippen molar-refractivity contribution >= 4 is 35.6 Å². The maximum absolute atomic E-state index is 5.47. The molecule has 1 saturated heterocycles. The van der Waals surface area contributed by atoms with Crippen molar-refractivity contribution in [3.8, 4) is 5.75 Å². The average Bonchev–Trinajstić information content (AvgIpc) is 3.11. The Morgan fingerprint density at radius 2 is 2.04 bits per heavy atom. The molecule has 1 aromatic rings. The molecule has 1 unspecified atom stereocenters. The number of guanidine groups is 1. The van der Waals surface area contributed by atoms with Crippen LogP contribution in [0.25, 0.3) is 0 Å². The van der Waals surface area contributed by atoms with Crippen LogP contribution in [0.4, 0.5) is 5.69 Å². The Morgan fingerprint density at radius 3 is 2.77 bits per heavy atom. The first-order valence-corrected chi connectivity index (χ1v) is 8.70. The third-order valence-corrected chi connectivity index (χ3v) is 4.15. The van der Waals surface area contributed by atoms with Crippen molar-refractivity contribution in [3.63, 3.8) is 0 Å². The monoisotopic (exact) mass is 478 g/mol. The minimum Gasteiger partial charge on any atom is -0.495 e. The highest BCUT2D eigenvalue weighted by molar-refractivity contribution is 14.0. The van der Waals surface area contributed by atoms with Crippen molar-refractivity contribution in [1.82, 2.24) is 10.6 Å². The lowest BCUT2D eigenvalue weighted by Crippen LogP contribution is -2.45.